The highest BCUT2D eigenvalue weighted by atomic mass is 35.5. The smallest absolute Gasteiger partial charge is 0.168 e. The van der Waals surface area contributed by atoms with E-state index in [9.17, 15) is 4.79 Å². The topological polar surface area (TPSA) is 34.9 Å². The molecule has 0 aliphatic rings. The molecule has 2 aromatic rings. The molecule has 3 nitrogen and oxygen atoms in total. The van der Waals surface area contributed by atoms with Crippen molar-refractivity contribution in [3.63, 3.8) is 0 Å². The van der Waals surface area contributed by atoms with E-state index >= 15 is 0 Å². The molecule has 0 fully saturated rings. The standard InChI is InChI=1S/C15H17ClN2O/c1-3-4-8-13-15(10-19)18(11(2)17-13)14-9-6-5-7-12(14)16/h5-7,9-10H,3-4,8H2,1-2H3. The van der Waals surface area contributed by atoms with Crippen LogP contribution in [-0.4, -0.2) is 15.8 Å². The normalized spacial score (nSPS) is 10.7. The minimum atomic E-state index is 0.610. The fourth-order valence-electron chi connectivity index (χ4n) is 2.19. The Balaban J connectivity index is 2.54. The Labute approximate surface area is 118 Å². The van der Waals surface area contributed by atoms with Crippen LogP contribution in [0.25, 0.3) is 5.69 Å². The zero-order chi connectivity index (χ0) is 13.8. The molecule has 0 N–H and O–H groups in total. The molecular weight excluding hydrogens is 260 g/mol. The summed E-state index contributed by atoms with van der Waals surface area (Å²) < 4.78 is 1.83. The van der Waals surface area contributed by atoms with Crippen LogP contribution < -0.4 is 0 Å². The third-order valence-electron chi connectivity index (χ3n) is 3.13. The maximum atomic E-state index is 11.4. The van der Waals surface area contributed by atoms with Gasteiger partial charge < -0.3 is 0 Å². The minimum Gasteiger partial charge on any atom is -0.296 e. The van der Waals surface area contributed by atoms with Crippen LogP contribution in [-0.2, 0) is 6.42 Å². The van der Waals surface area contributed by atoms with Crippen LogP contribution >= 0.6 is 11.6 Å². The van der Waals surface area contributed by atoms with Crippen LogP contribution in [0.1, 0.15) is 41.8 Å². The maximum absolute atomic E-state index is 11.4. The molecule has 0 unspecified atom stereocenters. The number of rotatable bonds is 5. The molecular formula is C15H17ClN2O. The van der Waals surface area contributed by atoms with Crippen LogP contribution in [0.5, 0.6) is 0 Å². The highest BCUT2D eigenvalue weighted by Gasteiger charge is 2.16. The first-order valence-electron chi connectivity index (χ1n) is 6.47. The largest absolute Gasteiger partial charge is 0.296 e. The number of halogens is 1. The molecule has 1 heterocycles. The molecule has 19 heavy (non-hydrogen) atoms. The summed E-state index contributed by atoms with van der Waals surface area (Å²) >= 11 is 6.21. The van der Waals surface area contributed by atoms with Crippen LogP contribution in [0, 0.1) is 6.92 Å². The molecule has 1 aromatic carbocycles. The lowest BCUT2D eigenvalue weighted by molar-refractivity contribution is 0.111. The van der Waals surface area contributed by atoms with Gasteiger partial charge in [-0.3, -0.25) is 9.36 Å². The number of aromatic nitrogens is 2. The van der Waals surface area contributed by atoms with E-state index in [-0.39, 0.29) is 0 Å². The molecule has 0 aliphatic heterocycles. The number of carbonyl (C=O) groups excluding carboxylic acids is 1. The zero-order valence-corrected chi connectivity index (χ0v) is 11.9. The molecule has 4 heteroatoms. The van der Waals surface area contributed by atoms with Gasteiger partial charge in [0, 0.05) is 0 Å². The molecule has 0 aliphatic carbocycles. The van der Waals surface area contributed by atoms with E-state index in [1.54, 1.807) is 0 Å². The first-order valence-corrected chi connectivity index (χ1v) is 6.85. The van der Waals surface area contributed by atoms with Crippen molar-refractivity contribution in [1.82, 2.24) is 9.55 Å². The van der Waals surface area contributed by atoms with Gasteiger partial charge in [0.05, 0.1) is 16.4 Å². The van der Waals surface area contributed by atoms with Crippen LogP contribution in [0.15, 0.2) is 24.3 Å². The maximum Gasteiger partial charge on any atom is 0.168 e. The average molecular weight is 277 g/mol. The molecule has 100 valence electrons. The molecule has 0 amide bonds. The number of unbranched alkanes of at least 4 members (excludes halogenated alkanes) is 1. The first-order chi connectivity index (χ1) is 9.19. The van der Waals surface area contributed by atoms with Crippen molar-refractivity contribution < 1.29 is 4.79 Å². The monoisotopic (exact) mass is 276 g/mol. The Morgan fingerprint density at radius 1 is 1.37 bits per heavy atom. The van der Waals surface area contributed by atoms with Crippen LogP contribution in [0.3, 0.4) is 0 Å². The van der Waals surface area contributed by atoms with Gasteiger partial charge in [-0.15, -0.1) is 0 Å². The van der Waals surface area contributed by atoms with E-state index in [0.717, 1.165) is 42.8 Å². The minimum absolute atomic E-state index is 0.610. The van der Waals surface area contributed by atoms with E-state index < -0.39 is 0 Å². The Kier molecular flexibility index (Phi) is 4.38. The fourth-order valence-corrected chi connectivity index (χ4v) is 2.41. The quantitative estimate of drug-likeness (QED) is 0.774. The lowest BCUT2D eigenvalue weighted by atomic mass is 10.2. The van der Waals surface area contributed by atoms with Gasteiger partial charge in [0.15, 0.2) is 6.29 Å². The van der Waals surface area contributed by atoms with Crippen molar-refractivity contribution in [1.29, 1.82) is 0 Å². The second-order valence-corrected chi connectivity index (χ2v) is 4.91. The number of benzene rings is 1. The summed E-state index contributed by atoms with van der Waals surface area (Å²) in [6.07, 6.45) is 3.80. The lowest BCUT2D eigenvalue weighted by Crippen LogP contribution is -2.03. The summed E-state index contributed by atoms with van der Waals surface area (Å²) in [6.45, 7) is 4.02. The Hall–Kier alpha value is -1.61. The summed E-state index contributed by atoms with van der Waals surface area (Å²) in [5.41, 5.74) is 2.27. The van der Waals surface area contributed by atoms with Crippen LogP contribution in [0.2, 0.25) is 5.02 Å². The van der Waals surface area contributed by atoms with Gasteiger partial charge in [0.25, 0.3) is 0 Å². The molecule has 0 radical (unpaired) electrons. The van der Waals surface area contributed by atoms with E-state index in [2.05, 4.69) is 11.9 Å². The van der Waals surface area contributed by atoms with E-state index in [0.29, 0.717) is 10.7 Å². The van der Waals surface area contributed by atoms with Gasteiger partial charge in [0.1, 0.15) is 11.5 Å². The van der Waals surface area contributed by atoms with Crippen molar-refractivity contribution in [2.75, 3.05) is 0 Å². The van der Waals surface area contributed by atoms with Gasteiger partial charge >= 0.3 is 0 Å². The second kappa shape index (κ2) is 6.02. The predicted molar refractivity (Wildman–Crippen MR) is 77.3 cm³/mol. The van der Waals surface area contributed by atoms with E-state index in [1.165, 1.54) is 0 Å². The zero-order valence-electron chi connectivity index (χ0n) is 11.2. The summed E-state index contributed by atoms with van der Waals surface area (Å²) in [5, 5.41) is 0.619. The first kappa shape index (κ1) is 13.8. The molecule has 0 bridgehead atoms. The fraction of sp³-hybridized carbons (Fsp3) is 0.333. The molecule has 0 saturated heterocycles. The van der Waals surface area contributed by atoms with Crippen molar-refractivity contribution in [2.45, 2.75) is 33.1 Å². The van der Waals surface area contributed by atoms with Gasteiger partial charge in [-0.05, 0) is 31.9 Å². The summed E-state index contributed by atoms with van der Waals surface area (Å²) in [7, 11) is 0. The molecule has 0 spiro atoms. The van der Waals surface area contributed by atoms with E-state index in [4.69, 9.17) is 11.6 Å². The third-order valence-corrected chi connectivity index (χ3v) is 3.45. The summed E-state index contributed by atoms with van der Waals surface area (Å²) in [6, 6.07) is 7.49. The number of carbonyl (C=O) groups is 1. The van der Waals surface area contributed by atoms with Crippen molar-refractivity contribution in [3.05, 3.63) is 46.5 Å². The van der Waals surface area contributed by atoms with Crippen molar-refractivity contribution >= 4 is 17.9 Å². The predicted octanol–water partition coefficient (Wildman–Crippen LogP) is 3.99. The van der Waals surface area contributed by atoms with Crippen molar-refractivity contribution in [3.8, 4) is 5.69 Å². The Morgan fingerprint density at radius 3 is 2.74 bits per heavy atom. The molecule has 2 rings (SSSR count). The second-order valence-electron chi connectivity index (χ2n) is 4.50. The lowest BCUT2D eigenvalue weighted by Gasteiger charge is -2.09. The third kappa shape index (κ3) is 2.71. The van der Waals surface area contributed by atoms with Crippen molar-refractivity contribution in [2.24, 2.45) is 0 Å². The SMILES string of the molecule is CCCCc1nc(C)n(-c2ccccc2Cl)c1C=O. The Bertz CT molecular complexity index is 590. The highest BCUT2D eigenvalue weighted by molar-refractivity contribution is 6.32. The number of aldehydes is 1. The van der Waals surface area contributed by atoms with E-state index in [1.807, 2.05) is 35.8 Å². The number of aryl methyl sites for hydroxylation is 2. The molecule has 0 atom stereocenters. The number of imidazole rings is 1. The van der Waals surface area contributed by atoms with Crippen LogP contribution in [0.4, 0.5) is 0 Å². The van der Waals surface area contributed by atoms with Gasteiger partial charge in [-0.1, -0.05) is 37.1 Å². The summed E-state index contributed by atoms with van der Waals surface area (Å²) in [5.74, 6) is 0.793. The van der Waals surface area contributed by atoms with Gasteiger partial charge in [-0.2, -0.15) is 0 Å². The molecule has 0 saturated carbocycles. The number of hydrogen-bond donors (Lipinski definition) is 0. The van der Waals surface area contributed by atoms with Gasteiger partial charge in [-0.25, -0.2) is 4.98 Å². The molecule has 1 aromatic heterocycles. The summed E-state index contributed by atoms with van der Waals surface area (Å²) in [4.78, 5) is 15.9. The average Bonchev–Trinajstić information content (AvgIpc) is 2.73. The Morgan fingerprint density at radius 2 is 2.11 bits per heavy atom. The number of hydrogen-bond acceptors (Lipinski definition) is 2. The van der Waals surface area contributed by atoms with Gasteiger partial charge in [0.2, 0.25) is 0 Å². The number of para-hydroxylation sites is 1. The number of nitrogens with zero attached hydrogens (tertiary/aromatic N) is 2. The highest BCUT2D eigenvalue weighted by Crippen LogP contribution is 2.24.